The minimum absolute atomic E-state index is 0.128. The second-order valence-electron chi connectivity index (χ2n) is 4.73. The molecular formula is C15H22O2S. The predicted octanol–water partition coefficient (Wildman–Crippen LogP) is 4.26. The highest BCUT2D eigenvalue weighted by atomic mass is 32.2. The number of aliphatic carboxylic acids is 1. The predicted molar refractivity (Wildman–Crippen MR) is 78.0 cm³/mol. The van der Waals surface area contributed by atoms with Gasteiger partial charge in [-0.2, -0.15) is 0 Å². The number of rotatable bonds is 7. The summed E-state index contributed by atoms with van der Waals surface area (Å²) < 4.78 is -0.128. The Morgan fingerprint density at radius 3 is 2.22 bits per heavy atom. The van der Waals surface area contributed by atoms with Crippen LogP contribution in [-0.4, -0.2) is 15.8 Å². The second-order valence-corrected chi connectivity index (χ2v) is 6.18. The average Bonchev–Trinajstić information content (AvgIpc) is 2.36. The summed E-state index contributed by atoms with van der Waals surface area (Å²) in [6.07, 6.45) is 2.04. The molecule has 0 bridgehead atoms. The summed E-state index contributed by atoms with van der Waals surface area (Å²) >= 11 is 1.78. The third-order valence-corrected chi connectivity index (χ3v) is 5.24. The van der Waals surface area contributed by atoms with E-state index in [2.05, 4.69) is 45.0 Å². The lowest BCUT2D eigenvalue weighted by molar-refractivity contribution is -0.137. The van der Waals surface area contributed by atoms with Gasteiger partial charge in [0.2, 0.25) is 0 Å². The maximum absolute atomic E-state index is 11.0. The Morgan fingerprint density at radius 1 is 1.22 bits per heavy atom. The van der Waals surface area contributed by atoms with Gasteiger partial charge in [0.05, 0.1) is 6.42 Å². The molecule has 1 N–H and O–H groups in total. The molecule has 0 atom stereocenters. The van der Waals surface area contributed by atoms with Crippen LogP contribution in [0.15, 0.2) is 24.3 Å². The van der Waals surface area contributed by atoms with E-state index in [4.69, 9.17) is 5.11 Å². The molecule has 0 amide bonds. The van der Waals surface area contributed by atoms with Crippen molar-refractivity contribution in [3.63, 3.8) is 0 Å². The number of carbonyl (C=O) groups is 1. The smallest absolute Gasteiger partial charge is 0.304 e. The highest BCUT2D eigenvalue weighted by Gasteiger charge is 2.29. The quantitative estimate of drug-likeness (QED) is 0.801. The topological polar surface area (TPSA) is 37.3 Å². The first-order valence-electron chi connectivity index (χ1n) is 6.42. The van der Waals surface area contributed by atoms with Crippen LogP contribution in [-0.2, 0) is 10.5 Å². The summed E-state index contributed by atoms with van der Waals surface area (Å²) in [5, 5.41) is 9.03. The first-order valence-corrected chi connectivity index (χ1v) is 7.41. The summed E-state index contributed by atoms with van der Waals surface area (Å²) in [4.78, 5) is 11.0. The van der Waals surface area contributed by atoms with E-state index in [9.17, 15) is 4.79 Å². The van der Waals surface area contributed by atoms with E-state index in [-0.39, 0.29) is 11.2 Å². The molecular weight excluding hydrogens is 244 g/mol. The van der Waals surface area contributed by atoms with Crippen LogP contribution >= 0.6 is 11.8 Å². The molecule has 0 aliphatic heterocycles. The van der Waals surface area contributed by atoms with Crippen LogP contribution in [0, 0.1) is 6.92 Å². The van der Waals surface area contributed by atoms with Gasteiger partial charge < -0.3 is 5.11 Å². The third kappa shape index (κ3) is 4.37. The Balaban J connectivity index is 2.67. The lowest BCUT2D eigenvalue weighted by atomic mass is 9.98. The zero-order valence-corrected chi connectivity index (χ0v) is 12.2. The largest absolute Gasteiger partial charge is 0.481 e. The van der Waals surface area contributed by atoms with Crippen LogP contribution in [0.3, 0.4) is 0 Å². The van der Waals surface area contributed by atoms with E-state index >= 15 is 0 Å². The van der Waals surface area contributed by atoms with E-state index in [0.717, 1.165) is 18.6 Å². The molecule has 2 nitrogen and oxygen atoms in total. The fourth-order valence-corrected chi connectivity index (χ4v) is 3.25. The van der Waals surface area contributed by atoms with Crippen molar-refractivity contribution in [3.8, 4) is 0 Å². The van der Waals surface area contributed by atoms with Crippen molar-refractivity contribution < 1.29 is 9.90 Å². The lowest BCUT2D eigenvalue weighted by Crippen LogP contribution is -2.26. The fraction of sp³-hybridized carbons (Fsp3) is 0.533. The molecule has 0 fully saturated rings. The monoisotopic (exact) mass is 266 g/mol. The van der Waals surface area contributed by atoms with Crippen molar-refractivity contribution in [1.82, 2.24) is 0 Å². The molecule has 18 heavy (non-hydrogen) atoms. The average molecular weight is 266 g/mol. The lowest BCUT2D eigenvalue weighted by Gasteiger charge is -2.29. The van der Waals surface area contributed by atoms with E-state index < -0.39 is 5.97 Å². The molecule has 1 aromatic carbocycles. The second kappa shape index (κ2) is 6.83. The Morgan fingerprint density at radius 2 is 1.78 bits per heavy atom. The fourth-order valence-electron chi connectivity index (χ4n) is 1.95. The summed E-state index contributed by atoms with van der Waals surface area (Å²) in [6.45, 7) is 6.23. The van der Waals surface area contributed by atoms with Gasteiger partial charge in [-0.3, -0.25) is 4.79 Å². The van der Waals surface area contributed by atoms with E-state index in [1.807, 2.05) is 0 Å². The van der Waals surface area contributed by atoms with Crippen molar-refractivity contribution in [1.29, 1.82) is 0 Å². The van der Waals surface area contributed by atoms with Crippen LogP contribution in [0.2, 0.25) is 0 Å². The summed E-state index contributed by atoms with van der Waals surface area (Å²) in [5.74, 6) is 0.185. The summed E-state index contributed by atoms with van der Waals surface area (Å²) in [7, 11) is 0. The van der Waals surface area contributed by atoms with Gasteiger partial charge in [0, 0.05) is 10.5 Å². The minimum Gasteiger partial charge on any atom is -0.481 e. The number of hydrogen-bond donors (Lipinski definition) is 1. The molecule has 0 radical (unpaired) electrons. The SMILES string of the molecule is CCC(CC)(CC(=O)O)SCc1ccc(C)cc1. The Labute approximate surface area is 114 Å². The molecule has 0 aliphatic rings. The van der Waals surface area contributed by atoms with Gasteiger partial charge in [0.25, 0.3) is 0 Å². The van der Waals surface area contributed by atoms with Gasteiger partial charge in [-0.15, -0.1) is 11.8 Å². The third-order valence-electron chi connectivity index (χ3n) is 3.43. The van der Waals surface area contributed by atoms with Crippen LogP contribution in [0.5, 0.6) is 0 Å². The van der Waals surface area contributed by atoms with Crippen LogP contribution < -0.4 is 0 Å². The van der Waals surface area contributed by atoms with Crippen molar-refractivity contribution in [2.24, 2.45) is 0 Å². The maximum Gasteiger partial charge on any atom is 0.304 e. The van der Waals surface area contributed by atoms with E-state index in [1.54, 1.807) is 11.8 Å². The Kier molecular flexibility index (Phi) is 5.73. The van der Waals surface area contributed by atoms with Crippen LogP contribution in [0.1, 0.15) is 44.2 Å². The zero-order valence-electron chi connectivity index (χ0n) is 11.4. The normalized spacial score (nSPS) is 11.5. The van der Waals surface area contributed by atoms with Gasteiger partial charge in [0.1, 0.15) is 0 Å². The zero-order chi connectivity index (χ0) is 13.6. The summed E-state index contributed by atoms with van der Waals surface area (Å²) in [5.41, 5.74) is 2.52. The maximum atomic E-state index is 11.0. The van der Waals surface area contributed by atoms with Crippen molar-refractivity contribution in [2.45, 2.75) is 50.5 Å². The number of hydrogen-bond acceptors (Lipinski definition) is 2. The van der Waals surface area contributed by atoms with E-state index in [1.165, 1.54) is 11.1 Å². The van der Waals surface area contributed by atoms with Crippen LogP contribution in [0.25, 0.3) is 0 Å². The number of benzene rings is 1. The van der Waals surface area contributed by atoms with Crippen LogP contribution in [0.4, 0.5) is 0 Å². The molecule has 0 spiro atoms. The molecule has 0 aliphatic carbocycles. The van der Waals surface area contributed by atoms with E-state index in [0.29, 0.717) is 0 Å². The molecule has 0 unspecified atom stereocenters. The molecule has 0 saturated heterocycles. The molecule has 1 rings (SSSR count). The highest BCUT2D eigenvalue weighted by Crippen LogP contribution is 2.38. The van der Waals surface area contributed by atoms with Crippen molar-refractivity contribution in [3.05, 3.63) is 35.4 Å². The number of carboxylic acids is 1. The van der Waals surface area contributed by atoms with Gasteiger partial charge in [-0.1, -0.05) is 43.7 Å². The molecule has 0 saturated carbocycles. The molecule has 1 aromatic rings. The Hall–Kier alpha value is -0.960. The number of aryl methyl sites for hydroxylation is 1. The standard InChI is InChI=1S/C15H22O2S/c1-4-15(5-2,10-14(16)17)18-11-13-8-6-12(3)7-9-13/h6-9H,4-5,10-11H2,1-3H3,(H,16,17). The Bertz CT molecular complexity index is 380. The molecule has 3 heteroatoms. The summed E-state index contributed by atoms with van der Waals surface area (Å²) in [6, 6.07) is 8.46. The van der Waals surface area contributed by atoms with Crippen molar-refractivity contribution in [2.75, 3.05) is 0 Å². The van der Waals surface area contributed by atoms with Gasteiger partial charge in [-0.25, -0.2) is 0 Å². The molecule has 100 valence electrons. The molecule has 0 aromatic heterocycles. The first kappa shape index (κ1) is 15.1. The van der Waals surface area contributed by atoms with Gasteiger partial charge >= 0.3 is 5.97 Å². The van der Waals surface area contributed by atoms with Gasteiger partial charge in [0.15, 0.2) is 0 Å². The number of carboxylic acid groups (broad SMARTS) is 1. The highest BCUT2D eigenvalue weighted by molar-refractivity contribution is 7.99. The first-order chi connectivity index (χ1) is 8.51. The van der Waals surface area contributed by atoms with Gasteiger partial charge in [-0.05, 0) is 25.3 Å². The minimum atomic E-state index is -0.699. The molecule has 0 heterocycles. The van der Waals surface area contributed by atoms with Crippen molar-refractivity contribution >= 4 is 17.7 Å². The number of thioether (sulfide) groups is 1.